The first kappa shape index (κ1) is 32.4. The van der Waals surface area contributed by atoms with Crippen molar-refractivity contribution in [2.24, 2.45) is 10.7 Å². The van der Waals surface area contributed by atoms with Crippen LogP contribution in [0.5, 0.6) is 0 Å². The summed E-state index contributed by atoms with van der Waals surface area (Å²) in [6, 6.07) is 69.2. The normalized spacial score (nSPS) is 12.4. The molecule has 1 heterocycles. The molecular formula is C52H37N3. The summed E-state index contributed by atoms with van der Waals surface area (Å²) >= 11 is 0. The molecule has 0 fully saturated rings. The standard InChI is InChI=1S/C52H37N3/c53-48(36-15-4-1-5-16-36)33-49(37-17-6-2-7-18-37)54-34-35-27-29-43-41-21-10-11-22-42(41)46-25-14-24-40(52(46)47(43)31-35)38-28-30-45-44-23-12-13-26-50(44)55(51(45)32-38)39-19-8-3-9-20-39/h1-33H,34,53H2/b48-33-,54-49?. The van der Waals surface area contributed by atoms with E-state index in [4.69, 9.17) is 10.7 Å². The van der Waals surface area contributed by atoms with E-state index in [0.29, 0.717) is 12.2 Å². The molecule has 55 heavy (non-hydrogen) atoms. The summed E-state index contributed by atoms with van der Waals surface area (Å²) in [4.78, 5) is 5.21. The van der Waals surface area contributed by atoms with Crippen LogP contribution in [0, 0.1) is 0 Å². The third kappa shape index (κ3) is 5.74. The fourth-order valence-electron chi connectivity index (χ4n) is 8.25. The fraction of sp³-hybridized carbons (Fsp3) is 0.0192. The minimum absolute atomic E-state index is 0.512. The van der Waals surface area contributed by atoms with Crippen molar-refractivity contribution >= 4 is 65.5 Å². The number of hydrogen-bond donors (Lipinski definition) is 1. The van der Waals surface area contributed by atoms with Crippen LogP contribution in [0.1, 0.15) is 16.7 Å². The van der Waals surface area contributed by atoms with E-state index in [0.717, 1.165) is 28.1 Å². The third-order valence-electron chi connectivity index (χ3n) is 10.8. The van der Waals surface area contributed by atoms with Gasteiger partial charge in [0.25, 0.3) is 0 Å². The average Bonchev–Trinajstić information content (AvgIpc) is 3.59. The zero-order valence-electron chi connectivity index (χ0n) is 30.2. The lowest BCUT2D eigenvalue weighted by molar-refractivity contribution is 1.07. The van der Waals surface area contributed by atoms with E-state index in [1.54, 1.807) is 0 Å². The van der Waals surface area contributed by atoms with Gasteiger partial charge in [0.1, 0.15) is 0 Å². The van der Waals surface area contributed by atoms with Crippen LogP contribution in [0.25, 0.3) is 76.6 Å². The van der Waals surface area contributed by atoms with Gasteiger partial charge in [0.2, 0.25) is 0 Å². The van der Waals surface area contributed by atoms with Crippen molar-refractivity contribution in [2.75, 3.05) is 0 Å². The zero-order valence-corrected chi connectivity index (χ0v) is 30.2. The molecule has 260 valence electrons. The summed E-state index contributed by atoms with van der Waals surface area (Å²) in [5.74, 6) is 0. The van der Waals surface area contributed by atoms with Crippen molar-refractivity contribution in [3.63, 3.8) is 0 Å². The van der Waals surface area contributed by atoms with Crippen molar-refractivity contribution in [3.05, 3.63) is 217 Å². The van der Waals surface area contributed by atoms with Crippen LogP contribution in [0.15, 0.2) is 205 Å². The molecule has 0 aliphatic carbocycles. The minimum atomic E-state index is 0.512. The Hall–Kier alpha value is -7.23. The van der Waals surface area contributed by atoms with Crippen LogP contribution in [0.2, 0.25) is 0 Å². The maximum Gasteiger partial charge on any atom is 0.0671 e. The fourth-order valence-corrected chi connectivity index (χ4v) is 8.25. The number of rotatable bonds is 7. The topological polar surface area (TPSA) is 43.3 Å². The van der Waals surface area contributed by atoms with Gasteiger partial charge in [-0.15, -0.1) is 0 Å². The van der Waals surface area contributed by atoms with Crippen molar-refractivity contribution in [2.45, 2.75) is 6.54 Å². The first-order chi connectivity index (χ1) is 27.2. The van der Waals surface area contributed by atoms with Gasteiger partial charge in [-0.05, 0) is 96.5 Å². The molecule has 0 saturated heterocycles. The SMILES string of the molecule is N/C(=C\C(=NCc1ccc2c3ccccc3c3cccc(-c4ccc5c6ccccc6n(-c6ccccc6)c5c4)c3c2c1)c1ccccc1)c1ccccc1. The van der Waals surface area contributed by atoms with Gasteiger partial charge in [-0.1, -0.05) is 164 Å². The summed E-state index contributed by atoms with van der Waals surface area (Å²) in [6.07, 6.45) is 2.00. The zero-order chi connectivity index (χ0) is 36.7. The van der Waals surface area contributed by atoms with Crippen LogP contribution >= 0.6 is 0 Å². The maximum absolute atomic E-state index is 6.64. The monoisotopic (exact) mass is 703 g/mol. The number of aliphatic imine (C=N–C) groups is 1. The molecule has 3 heteroatoms. The summed E-state index contributed by atoms with van der Waals surface area (Å²) < 4.78 is 2.40. The molecule has 10 rings (SSSR count). The van der Waals surface area contributed by atoms with Crippen molar-refractivity contribution in [3.8, 4) is 16.8 Å². The molecule has 9 aromatic carbocycles. The number of allylic oxidation sites excluding steroid dienone is 1. The Balaban J connectivity index is 1.17. The summed E-state index contributed by atoms with van der Waals surface area (Å²) in [6.45, 7) is 0.512. The molecule has 0 atom stereocenters. The van der Waals surface area contributed by atoms with E-state index in [1.807, 2.05) is 54.6 Å². The number of benzene rings is 9. The Morgan fingerprint density at radius 1 is 0.473 bits per heavy atom. The van der Waals surface area contributed by atoms with Crippen LogP contribution < -0.4 is 5.73 Å². The molecule has 0 radical (unpaired) electrons. The van der Waals surface area contributed by atoms with E-state index in [2.05, 4.69) is 150 Å². The number of nitrogens with zero attached hydrogens (tertiary/aromatic N) is 2. The van der Waals surface area contributed by atoms with E-state index >= 15 is 0 Å². The second kappa shape index (κ2) is 13.6. The van der Waals surface area contributed by atoms with Gasteiger partial charge in [-0.25, -0.2) is 0 Å². The second-order valence-corrected chi connectivity index (χ2v) is 14.1. The molecule has 3 nitrogen and oxygen atoms in total. The second-order valence-electron chi connectivity index (χ2n) is 14.1. The van der Waals surface area contributed by atoms with E-state index < -0.39 is 0 Å². The highest BCUT2D eigenvalue weighted by molar-refractivity contribution is 6.28. The van der Waals surface area contributed by atoms with E-state index in [-0.39, 0.29) is 0 Å². The number of para-hydroxylation sites is 2. The van der Waals surface area contributed by atoms with Crippen molar-refractivity contribution < 1.29 is 0 Å². The molecule has 0 spiro atoms. The lowest BCUT2D eigenvalue weighted by Crippen LogP contribution is -2.04. The summed E-state index contributed by atoms with van der Waals surface area (Å²) in [5, 5.41) is 9.96. The predicted octanol–water partition coefficient (Wildman–Crippen LogP) is 12.9. The number of nitrogens with two attached hydrogens (primary N) is 1. The lowest BCUT2D eigenvalue weighted by atomic mass is 9.88. The van der Waals surface area contributed by atoms with Crippen molar-refractivity contribution in [1.82, 2.24) is 4.57 Å². The highest BCUT2D eigenvalue weighted by atomic mass is 15.0. The molecule has 0 unspecified atom stereocenters. The van der Waals surface area contributed by atoms with E-state index in [1.165, 1.54) is 65.3 Å². The Kier molecular flexibility index (Phi) is 8.04. The third-order valence-corrected chi connectivity index (χ3v) is 10.8. The summed E-state index contributed by atoms with van der Waals surface area (Å²) in [7, 11) is 0. The van der Waals surface area contributed by atoms with Crippen LogP contribution in [0.4, 0.5) is 0 Å². The Morgan fingerprint density at radius 2 is 1.05 bits per heavy atom. The molecule has 0 bridgehead atoms. The molecule has 0 aliphatic rings. The Morgan fingerprint density at radius 3 is 1.82 bits per heavy atom. The largest absolute Gasteiger partial charge is 0.398 e. The van der Waals surface area contributed by atoms with Gasteiger partial charge in [0.05, 0.1) is 23.3 Å². The van der Waals surface area contributed by atoms with Gasteiger partial charge in [-0.2, -0.15) is 0 Å². The first-order valence-electron chi connectivity index (χ1n) is 18.8. The molecule has 1 aromatic heterocycles. The van der Waals surface area contributed by atoms with Crippen LogP contribution in [-0.4, -0.2) is 10.3 Å². The van der Waals surface area contributed by atoms with Crippen LogP contribution in [-0.2, 0) is 6.54 Å². The first-order valence-corrected chi connectivity index (χ1v) is 18.8. The lowest BCUT2D eigenvalue weighted by Gasteiger charge is -2.16. The van der Waals surface area contributed by atoms with E-state index in [9.17, 15) is 0 Å². The van der Waals surface area contributed by atoms with Gasteiger partial charge in [0, 0.05) is 22.2 Å². The Bertz CT molecular complexity index is 3100. The smallest absolute Gasteiger partial charge is 0.0671 e. The van der Waals surface area contributed by atoms with Crippen LogP contribution in [0.3, 0.4) is 0 Å². The number of fused-ring (bicyclic) bond motifs is 9. The average molecular weight is 704 g/mol. The van der Waals surface area contributed by atoms with Gasteiger partial charge < -0.3 is 10.3 Å². The number of aromatic nitrogens is 1. The van der Waals surface area contributed by atoms with Crippen molar-refractivity contribution in [1.29, 1.82) is 0 Å². The molecule has 0 amide bonds. The minimum Gasteiger partial charge on any atom is -0.398 e. The molecule has 0 saturated carbocycles. The Labute approximate surface area is 319 Å². The van der Waals surface area contributed by atoms with Gasteiger partial charge in [0.15, 0.2) is 0 Å². The van der Waals surface area contributed by atoms with Gasteiger partial charge >= 0.3 is 0 Å². The predicted molar refractivity (Wildman–Crippen MR) is 234 cm³/mol. The highest BCUT2D eigenvalue weighted by Gasteiger charge is 2.17. The molecule has 10 aromatic rings. The quantitative estimate of drug-likeness (QED) is 0.130. The highest BCUT2D eigenvalue weighted by Crippen LogP contribution is 2.42. The molecular weight excluding hydrogens is 667 g/mol. The molecule has 2 N–H and O–H groups in total. The maximum atomic E-state index is 6.64. The summed E-state index contributed by atoms with van der Waals surface area (Å²) in [5.41, 5.74) is 17.3. The number of hydrogen-bond acceptors (Lipinski definition) is 2. The van der Waals surface area contributed by atoms with Gasteiger partial charge in [-0.3, -0.25) is 4.99 Å². The molecule has 0 aliphatic heterocycles.